The molecule has 5 rings (SSSR count). The molecule has 2 heterocycles. The van der Waals surface area contributed by atoms with Crippen molar-refractivity contribution in [2.24, 2.45) is 0 Å². The van der Waals surface area contributed by atoms with Crippen LogP contribution < -0.4 is 19.9 Å². The number of hydrogen-bond donors (Lipinski definition) is 1. The lowest BCUT2D eigenvalue weighted by atomic mass is 10.1. The first-order valence-electron chi connectivity index (χ1n) is 11.5. The van der Waals surface area contributed by atoms with E-state index in [1.165, 1.54) is 23.1 Å². The molecule has 36 heavy (non-hydrogen) atoms. The number of carbonyl (C=O) groups is 4. The summed E-state index contributed by atoms with van der Waals surface area (Å²) >= 11 is 0. The number of imide groups is 1. The summed E-state index contributed by atoms with van der Waals surface area (Å²) in [4.78, 5) is 53.2. The molecule has 0 atom stereocenters. The number of nitrogens with one attached hydrogen (secondary N) is 1. The molecule has 9 heteroatoms. The Balaban J connectivity index is 1.29. The quantitative estimate of drug-likeness (QED) is 0.511. The van der Waals surface area contributed by atoms with Gasteiger partial charge in [0, 0.05) is 17.8 Å². The number of anilines is 2. The number of amides is 4. The second-order valence-corrected chi connectivity index (χ2v) is 8.25. The molecule has 3 aromatic carbocycles. The molecule has 2 aliphatic heterocycles. The molecule has 0 bridgehead atoms. The van der Waals surface area contributed by atoms with Gasteiger partial charge in [-0.25, -0.2) is 9.69 Å². The molecule has 1 fully saturated rings. The zero-order valence-electron chi connectivity index (χ0n) is 19.5. The van der Waals surface area contributed by atoms with Crippen molar-refractivity contribution < 1.29 is 28.7 Å². The maximum atomic E-state index is 13.1. The van der Waals surface area contributed by atoms with E-state index in [2.05, 4.69) is 5.32 Å². The van der Waals surface area contributed by atoms with E-state index < -0.39 is 17.9 Å². The molecule has 3 aromatic rings. The summed E-state index contributed by atoms with van der Waals surface area (Å²) in [6.45, 7) is 3.42. The first-order valence-corrected chi connectivity index (χ1v) is 11.5. The van der Waals surface area contributed by atoms with E-state index in [0.29, 0.717) is 36.9 Å². The molecule has 0 aromatic heterocycles. The summed E-state index contributed by atoms with van der Waals surface area (Å²) in [6.07, 6.45) is -0.396. The van der Waals surface area contributed by atoms with Crippen LogP contribution in [0.15, 0.2) is 66.7 Å². The number of hydrogen-bond acceptors (Lipinski definition) is 6. The highest BCUT2D eigenvalue weighted by molar-refractivity contribution is 6.34. The van der Waals surface area contributed by atoms with Gasteiger partial charge in [-0.2, -0.15) is 0 Å². The highest BCUT2D eigenvalue weighted by atomic mass is 16.6. The van der Waals surface area contributed by atoms with Gasteiger partial charge in [0.05, 0.1) is 30.0 Å². The third-order valence-corrected chi connectivity index (χ3v) is 5.99. The summed E-state index contributed by atoms with van der Waals surface area (Å²) in [5.41, 5.74) is 2.61. The maximum Gasteiger partial charge on any atom is 0.414 e. The van der Waals surface area contributed by atoms with Crippen LogP contribution in [0.4, 0.5) is 16.2 Å². The molecule has 0 aliphatic carbocycles. The molecular weight excluding hydrogens is 462 g/mol. The molecule has 0 saturated carbocycles. The second kappa shape index (κ2) is 9.53. The fourth-order valence-corrected chi connectivity index (χ4v) is 4.22. The Labute approximate surface area is 207 Å². The predicted molar refractivity (Wildman–Crippen MR) is 131 cm³/mol. The van der Waals surface area contributed by atoms with E-state index in [1.807, 2.05) is 19.1 Å². The molecule has 0 spiro atoms. The van der Waals surface area contributed by atoms with Crippen molar-refractivity contribution in [1.29, 1.82) is 0 Å². The third kappa shape index (κ3) is 4.26. The van der Waals surface area contributed by atoms with E-state index in [0.717, 1.165) is 10.5 Å². The minimum atomic E-state index is -0.487. The fourth-order valence-electron chi connectivity index (χ4n) is 4.22. The number of fused-ring (bicyclic) bond motifs is 1. The van der Waals surface area contributed by atoms with Gasteiger partial charge in [0.25, 0.3) is 17.7 Å². The number of benzene rings is 3. The average Bonchev–Trinajstić information content (AvgIpc) is 3.43. The lowest BCUT2D eigenvalue weighted by molar-refractivity contribution is 0.0923. The molecular formula is C27H23N3O6. The van der Waals surface area contributed by atoms with Crippen LogP contribution in [0.5, 0.6) is 5.75 Å². The number of nitrogens with zero attached hydrogens (tertiary/aromatic N) is 2. The van der Waals surface area contributed by atoms with Crippen LogP contribution in [0.25, 0.3) is 0 Å². The van der Waals surface area contributed by atoms with Crippen molar-refractivity contribution in [2.75, 3.05) is 29.6 Å². The molecule has 1 saturated heterocycles. The molecule has 0 radical (unpaired) electrons. The van der Waals surface area contributed by atoms with Crippen LogP contribution in [0.1, 0.15) is 43.6 Å². The maximum absolute atomic E-state index is 13.1. The van der Waals surface area contributed by atoms with Gasteiger partial charge in [-0.05, 0) is 67.1 Å². The van der Waals surface area contributed by atoms with E-state index in [9.17, 15) is 19.2 Å². The lowest BCUT2D eigenvalue weighted by Gasteiger charge is -2.14. The van der Waals surface area contributed by atoms with Gasteiger partial charge in [0.1, 0.15) is 12.4 Å². The Morgan fingerprint density at radius 3 is 2.44 bits per heavy atom. The summed E-state index contributed by atoms with van der Waals surface area (Å²) in [6, 6.07) is 18.4. The largest absolute Gasteiger partial charge is 0.494 e. The van der Waals surface area contributed by atoms with E-state index >= 15 is 0 Å². The zero-order chi connectivity index (χ0) is 25.2. The van der Waals surface area contributed by atoms with Crippen molar-refractivity contribution >= 4 is 35.2 Å². The summed E-state index contributed by atoms with van der Waals surface area (Å²) in [7, 11) is 0. The minimum absolute atomic E-state index is 0.177. The van der Waals surface area contributed by atoms with Gasteiger partial charge in [0.15, 0.2) is 0 Å². The van der Waals surface area contributed by atoms with E-state index in [-0.39, 0.29) is 29.1 Å². The standard InChI is InChI=1S/C27H23N3O6/c1-2-35-21-9-7-19(8-10-21)30-25(32)22-11-6-18(15-23(22)26(30)33)24(31)28-16-17-4-3-5-20(14-17)29-12-13-36-27(29)34/h3-11,14-15H,2,12-13,16H2,1H3,(H,28,31). The van der Waals surface area contributed by atoms with Gasteiger partial charge in [-0.15, -0.1) is 0 Å². The van der Waals surface area contributed by atoms with Gasteiger partial charge >= 0.3 is 6.09 Å². The molecule has 0 unspecified atom stereocenters. The molecule has 2 aliphatic rings. The van der Waals surface area contributed by atoms with Crippen LogP contribution in [-0.4, -0.2) is 43.6 Å². The van der Waals surface area contributed by atoms with E-state index in [1.54, 1.807) is 36.4 Å². The Bertz CT molecular complexity index is 1370. The van der Waals surface area contributed by atoms with Gasteiger partial charge in [0.2, 0.25) is 0 Å². The zero-order valence-corrected chi connectivity index (χ0v) is 19.5. The average molecular weight is 485 g/mol. The van der Waals surface area contributed by atoms with Crippen LogP contribution in [0.3, 0.4) is 0 Å². The Morgan fingerprint density at radius 1 is 0.944 bits per heavy atom. The number of carbonyl (C=O) groups excluding carboxylic acids is 4. The second-order valence-electron chi connectivity index (χ2n) is 8.25. The van der Waals surface area contributed by atoms with Crippen LogP contribution in [-0.2, 0) is 11.3 Å². The SMILES string of the molecule is CCOc1ccc(N2C(=O)c3ccc(C(=O)NCc4cccc(N5CCOC5=O)c4)cc3C2=O)cc1. The number of cyclic esters (lactones) is 1. The van der Waals surface area contributed by atoms with Gasteiger partial charge in [-0.3, -0.25) is 19.3 Å². The lowest BCUT2D eigenvalue weighted by Crippen LogP contribution is -2.29. The molecule has 182 valence electrons. The first-order chi connectivity index (χ1) is 17.5. The van der Waals surface area contributed by atoms with Crippen LogP contribution >= 0.6 is 0 Å². The van der Waals surface area contributed by atoms with Crippen molar-refractivity contribution in [3.05, 3.63) is 89.0 Å². The summed E-state index contributed by atoms with van der Waals surface area (Å²) in [5.74, 6) is -0.673. The predicted octanol–water partition coefficient (Wildman–Crippen LogP) is 3.77. The normalized spacial score (nSPS) is 14.6. The van der Waals surface area contributed by atoms with Gasteiger partial charge < -0.3 is 14.8 Å². The molecule has 9 nitrogen and oxygen atoms in total. The van der Waals surface area contributed by atoms with Crippen molar-refractivity contribution in [2.45, 2.75) is 13.5 Å². The van der Waals surface area contributed by atoms with Crippen molar-refractivity contribution in [1.82, 2.24) is 5.32 Å². The number of ether oxygens (including phenoxy) is 2. The van der Waals surface area contributed by atoms with Crippen LogP contribution in [0.2, 0.25) is 0 Å². The Morgan fingerprint density at radius 2 is 1.72 bits per heavy atom. The fraction of sp³-hybridized carbons (Fsp3) is 0.185. The summed E-state index contributed by atoms with van der Waals surface area (Å²) < 4.78 is 10.4. The Hall–Kier alpha value is -4.66. The summed E-state index contributed by atoms with van der Waals surface area (Å²) in [5, 5.41) is 2.83. The van der Waals surface area contributed by atoms with Crippen LogP contribution in [0, 0.1) is 0 Å². The van der Waals surface area contributed by atoms with Crippen molar-refractivity contribution in [3.8, 4) is 5.75 Å². The highest BCUT2D eigenvalue weighted by Gasteiger charge is 2.37. The minimum Gasteiger partial charge on any atom is -0.494 e. The highest BCUT2D eigenvalue weighted by Crippen LogP contribution is 2.30. The Kier molecular flexibility index (Phi) is 6.12. The monoisotopic (exact) mass is 485 g/mol. The first kappa shape index (κ1) is 23.1. The molecule has 4 amide bonds. The third-order valence-electron chi connectivity index (χ3n) is 5.99. The number of rotatable bonds is 7. The smallest absolute Gasteiger partial charge is 0.414 e. The topological polar surface area (TPSA) is 105 Å². The van der Waals surface area contributed by atoms with E-state index in [4.69, 9.17) is 9.47 Å². The molecule has 1 N–H and O–H groups in total. The van der Waals surface area contributed by atoms with Gasteiger partial charge in [-0.1, -0.05) is 12.1 Å². The van der Waals surface area contributed by atoms with Crippen molar-refractivity contribution in [3.63, 3.8) is 0 Å².